The fourth-order valence-electron chi connectivity index (χ4n) is 6.13. The molecule has 5 aromatic rings. The van der Waals surface area contributed by atoms with Crippen molar-refractivity contribution in [2.75, 3.05) is 62.1 Å². The van der Waals surface area contributed by atoms with Crippen LogP contribution in [0, 0.1) is 25.5 Å². The average Bonchev–Trinajstić information content (AvgIpc) is 3.49. The van der Waals surface area contributed by atoms with Crippen LogP contribution in [0.25, 0.3) is 21.8 Å². The number of anilines is 3. The van der Waals surface area contributed by atoms with Crippen LogP contribution in [0.15, 0.2) is 71.8 Å². The van der Waals surface area contributed by atoms with E-state index in [9.17, 15) is 25.6 Å². The number of thiazole rings is 1. The van der Waals surface area contributed by atoms with Gasteiger partial charge in [0.25, 0.3) is 0 Å². The fraction of sp³-hybridized carbons (Fsp3) is 0.306. The van der Waals surface area contributed by atoms with E-state index in [-0.39, 0.29) is 5.75 Å². The number of benzene rings is 3. The Labute approximate surface area is 306 Å². The maximum atomic E-state index is 14.4. The van der Waals surface area contributed by atoms with Crippen LogP contribution >= 0.6 is 11.3 Å². The van der Waals surface area contributed by atoms with Crippen LogP contribution in [0.5, 0.6) is 5.75 Å². The van der Waals surface area contributed by atoms with E-state index in [1.807, 2.05) is 26.0 Å². The smallest absolute Gasteiger partial charge is 0.227 e. The summed E-state index contributed by atoms with van der Waals surface area (Å²) in [6, 6.07) is 15.4. The molecule has 0 aliphatic carbocycles. The van der Waals surface area contributed by atoms with E-state index >= 15 is 0 Å². The second-order valence-corrected chi connectivity index (χ2v) is 18.0. The molecule has 52 heavy (non-hydrogen) atoms. The van der Waals surface area contributed by atoms with Crippen molar-refractivity contribution in [3.8, 4) is 27.6 Å². The standard InChI is InChI=1S/C36H38F2N6O5S3/c1-23-19-30(32(49-3)21-31(23)44-15-13-43(14-16-44)17-18-51(4,45)46)42-36-39-12-11-29(41-36)34-33(40-24(2)50-34)26-8-5-7-25(20-26)22-52(47,48)35-27(37)9-6-10-28(35)38/h5-12,19-21H,13-18,22H2,1-4H3,(H,39,41,42). The monoisotopic (exact) mass is 768 g/mol. The normalized spacial score (nSPS) is 14.1. The molecule has 2 aromatic heterocycles. The van der Waals surface area contributed by atoms with E-state index in [0.29, 0.717) is 46.4 Å². The van der Waals surface area contributed by atoms with Gasteiger partial charge in [-0.25, -0.2) is 40.6 Å². The topological polar surface area (TPSA) is 135 Å². The van der Waals surface area contributed by atoms with Gasteiger partial charge in [-0.1, -0.05) is 24.3 Å². The molecule has 0 radical (unpaired) electrons. The van der Waals surface area contributed by atoms with E-state index in [0.717, 1.165) is 65.5 Å². The second kappa shape index (κ2) is 15.2. The maximum absolute atomic E-state index is 14.4. The third-order valence-electron chi connectivity index (χ3n) is 8.67. The van der Waals surface area contributed by atoms with Gasteiger partial charge in [0.15, 0.2) is 9.84 Å². The predicted octanol–water partition coefficient (Wildman–Crippen LogP) is 6.05. The van der Waals surface area contributed by atoms with Crippen molar-refractivity contribution in [2.45, 2.75) is 24.5 Å². The zero-order chi connectivity index (χ0) is 37.2. The zero-order valence-electron chi connectivity index (χ0n) is 29.1. The number of ether oxygens (including phenoxy) is 1. The van der Waals surface area contributed by atoms with Gasteiger partial charge < -0.3 is 15.0 Å². The van der Waals surface area contributed by atoms with Gasteiger partial charge in [0.2, 0.25) is 5.95 Å². The lowest BCUT2D eigenvalue weighted by Gasteiger charge is -2.37. The highest BCUT2D eigenvalue weighted by atomic mass is 32.2. The minimum absolute atomic E-state index is 0.148. The van der Waals surface area contributed by atoms with E-state index in [2.05, 4.69) is 20.1 Å². The summed E-state index contributed by atoms with van der Waals surface area (Å²) in [4.78, 5) is 18.2. The lowest BCUT2D eigenvalue weighted by molar-refractivity contribution is 0.272. The molecule has 16 heteroatoms. The van der Waals surface area contributed by atoms with Crippen molar-refractivity contribution < 1.29 is 30.4 Å². The van der Waals surface area contributed by atoms with Crippen LogP contribution in [0.4, 0.5) is 26.1 Å². The molecule has 1 N–H and O–H groups in total. The van der Waals surface area contributed by atoms with Crippen molar-refractivity contribution in [1.29, 1.82) is 0 Å². The Morgan fingerprint density at radius 1 is 0.923 bits per heavy atom. The van der Waals surface area contributed by atoms with Gasteiger partial charge in [-0.3, -0.25) is 4.90 Å². The van der Waals surface area contributed by atoms with Gasteiger partial charge >= 0.3 is 0 Å². The number of sulfone groups is 2. The quantitative estimate of drug-likeness (QED) is 0.159. The minimum Gasteiger partial charge on any atom is -0.494 e. The number of halogens is 2. The van der Waals surface area contributed by atoms with Crippen LogP contribution in [0.2, 0.25) is 0 Å². The molecule has 0 bridgehead atoms. The number of nitrogens with zero attached hydrogens (tertiary/aromatic N) is 5. The molecule has 274 valence electrons. The van der Waals surface area contributed by atoms with Gasteiger partial charge in [0.05, 0.1) is 45.6 Å². The third-order valence-corrected chi connectivity index (χ3v) is 12.3. The van der Waals surface area contributed by atoms with Crippen molar-refractivity contribution in [2.24, 2.45) is 0 Å². The Kier molecular flexibility index (Phi) is 10.9. The number of nitrogens with one attached hydrogen (secondary N) is 1. The molecule has 3 heterocycles. The van der Waals surface area contributed by atoms with E-state index in [4.69, 9.17) is 14.7 Å². The lowest BCUT2D eigenvalue weighted by Crippen LogP contribution is -2.47. The van der Waals surface area contributed by atoms with Crippen molar-refractivity contribution in [3.05, 3.63) is 94.6 Å². The minimum atomic E-state index is -4.32. The molecule has 0 amide bonds. The Hall–Kier alpha value is -4.51. The summed E-state index contributed by atoms with van der Waals surface area (Å²) in [5.74, 6) is -1.79. The Bertz CT molecular complexity index is 2310. The Balaban J connectivity index is 1.22. The van der Waals surface area contributed by atoms with Crippen molar-refractivity contribution >= 4 is 48.3 Å². The lowest BCUT2D eigenvalue weighted by atomic mass is 10.1. The summed E-state index contributed by atoms with van der Waals surface area (Å²) in [5, 5.41) is 4.05. The Morgan fingerprint density at radius 3 is 2.33 bits per heavy atom. The molecule has 0 spiro atoms. The molecule has 0 unspecified atom stereocenters. The van der Waals surface area contributed by atoms with Gasteiger partial charge in [-0.05, 0) is 55.3 Å². The summed E-state index contributed by atoms with van der Waals surface area (Å²) in [7, 11) is -5.74. The van der Waals surface area contributed by atoms with Crippen LogP contribution in [0.3, 0.4) is 0 Å². The van der Waals surface area contributed by atoms with Crippen molar-refractivity contribution in [3.63, 3.8) is 0 Å². The SMILES string of the molecule is COc1cc(N2CCN(CCS(C)(=O)=O)CC2)c(C)cc1Nc1nccc(-c2sc(C)nc2-c2cccc(CS(=O)(=O)c3c(F)cccc3F)c2)n1. The van der Waals surface area contributed by atoms with E-state index in [1.165, 1.54) is 17.6 Å². The summed E-state index contributed by atoms with van der Waals surface area (Å²) >= 11 is 1.42. The summed E-state index contributed by atoms with van der Waals surface area (Å²) in [6.07, 6.45) is 2.89. The summed E-state index contributed by atoms with van der Waals surface area (Å²) in [6.45, 7) is 7.43. The molecule has 6 rings (SSSR count). The molecule has 0 saturated carbocycles. The number of piperazine rings is 1. The molecule has 1 aliphatic rings. The van der Waals surface area contributed by atoms with E-state index in [1.54, 1.807) is 43.6 Å². The first-order valence-electron chi connectivity index (χ1n) is 16.4. The number of aromatic nitrogens is 3. The maximum Gasteiger partial charge on any atom is 0.227 e. The number of aryl methyl sites for hydroxylation is 2. The molecule has 1 fully saturated rings. The number of hydrogen-bond acceptors (Lipinski definition) is 12. The third kappa shape index (κ3) is 8.57. The highest BCUT2D eigenvalue weighted by Crippen LogP contribution is 2.38. The first-order chi connectivity index (χ1) is 24.7. The van der Waals surface area contributed by atoms with Crippen LogP contribution in [-0.2, 0) is 25.4 Å². The average molecular weight is 769 g/mol. The van der Waals surface area contributed by atoms with Gasteiger partial charge in [0.1, 0.15) is 32.1 Å². The molecular formula is C36H38F2N6O5S3. The van der Waals surface area contributed by atoms with Gasteiger partial charge in [-0.2, -0.15) is 0 Å². The predicted molar refractivity (Wildman–Crippen MR) is 200 cm³/mol. The largest absolute Gasteiger partial charge is 0.494 e. The first kappa shape index (κ1) is 37.3. The highest BCUT2D eigenvalue weighted by Gasteiger charge is 2.25. The highest BCUT2D eigenvalue weighted by molar-refractivity contribution is 7.91. The molecule has 3 aromatic carbocycles. The van der Waals surface area contributed by atoms with Crippen LogP contribution < -0.4 is 15.0 Å². The molecule has 1 aliphatic heterocycles. The molecule has 0 atom stereocenters. The zero-order valence-corrected chi connectivity index (χ0v) is 31.5. The van der Waals surface area contributed by atoms with E-state index < -0.39 is 42.0 Å². The van der Waals surface area contributed by atoms with Gasteiger partial charge in [0, 0.05) is 62.5 Å². The number of hydrogen-bond donors (Lipinski definition) is 1. The number of rotatable bonds is 12. The van der Waals surface area contributed by atoms with Crippen LogP contribution in [-0.4, -0.2) is 88.5 Å². The molecule has 11 nitrogen and oxygen atoms in total. The summed E-state index contributed by atoms with van der Waals surface area (Å²) < 4.78 is 83.8. The number of methoxy groups -OCH3 is 1. The van der Waals surface area contributed by atoms with Crippen LogP contribution in [0.1, 0.15) is 16.1 Å². The fourth-order valence-corrected chi connectivity index (χ4v) is 9.13. The Morgan fingerprint density at radius 2 is 1.63 bits per heavy atom. The first-order valence-corrected chi connectivity index (χ1v) is 20.9. The van der Waals surface area contributed by atoms with Crippen molar-refractivity contribution in [1.82, 2.24) is 19.9 Å². The second-order valence-electron chi connectivity index (χ2n) is 12.6. The van der Waals surface area contributed by atoms with Gasteiger partial charge in [-0.15, -0.1) is 11.3 Å². The summed E-state index contributed by atoms with van der Waals surface area (Å²) in [5.41, 5.74) is 4.86. The molecule has 1 saturated heterocycles. The molecular weight excluding hydrogens is 731 g/mol.